The molecular weight excluding hydrogens is 290 g/mol. The molecule has 0 spiro atoms. The van der Waals surface area contributed by atoms with Gasteiger partial charge in [0.15, 0.2) is 0 Å². The quantitative estimate of drug-likeness (QED) is 0.920. The van der Waals surface area contributed by atoms with Crippen LogP contribution in [0.1, 0.15) is 35.8 Å². The number of nitrogens with zero attached hydrogens (tertiary/aromatic N) is 3. The topological polar surface area (TPSA) is 58.4 Å². The molecule has 1 N–H and O–H groups in total. The van der Waals surface area contributed by atoms with Crippen LogP contribution >= 0.6 is 0 Å². The summed E-state index contributed by atoms with van der Waals surface area (Å²) in [4.78, 5) is 14.7. The number of aromatic nitrogens is 2. The van der Waals surface area contributed by atoms with Crippen LogP contribution in [0.2, 0.25) is 0 Å². The molecule has 1 saturated heterocycles. The molecule has 1 aromatic carbocycles. The highest BCUT2D eigenvalue weighted by molar-refractivity contribution is 5.93. The maximum absolute atomic E-state index is 12.9. The molecule has 1 aliphatic heterocycles. The molecule has 0 aliphatic carbocycles. The highest BCUT2D eigenvalue weighted by Gasteiger charge is 2.43. The van der Waals surface area contributed by atoms with Crippen LogP contribution in [0.15, 0.2) is 42.6 Å². The van der Waals surface area contributed by atoms with Gasteiger partial charge in [-0.15, -0.1) is 0 Å². The van der Waals surface area contributed by atoms with Gasteiger partial charge in [0.1, 0.15) is 5.69 Å². The maximum Gasteiger partial charge on any atom is 0.274 e. The van der Waals surface area contributed by atoms with Crippen molar-refractivity contribution < 1.29 is 9.90 Å². The van der Waals surface area contributed by atoms with Crippen molar-refractivity contribution in [3.05, 3.63) is 53.9 Å². The van der Waals surface area contributed by atoms with E-state index in [2.05, 4.69) is 5.10 Å². The Kier molecular flexibility index (Phi) is 4.48. The fourth-order valence-electron chi connectivity index (χ4n) is 3.43. The molecule has 122 valence electrons. The molecule has 0 radical (unpaired) electrons. The highest BCUT2D eigenvalue weighted by Crippen LogP contribution is 2.33. The van der Waals surface area contributed by atoms with Gasteiger partial charge in [0, 0.05) is 19.3 Å². The molecule has 1 aliphatic rings. The Labute approximate surface area is 136 Å². The fourth-order valence-corrected chi connectivity index (χ4v) is 3.43. The first-order valence-electron chi connectivity index (χ1n) is 8.19. The average Bonchev–Trinajstić information content (AvgIpc) is 3.22. The van der Waals surface area contributed by atoms with E-state index < -0.39 is 5.54 Å². The summed E-state index contributed by atoms with van der Waals surface area (Å²) in [6.07, 6.45) is 4.22. The van der Waals surface area contributed by atoms with Crippen LogP contribution in [-0.4, -0.2) is 44.4 Å². The smallest absolute Gasteiger partial charge is 0.274 e. The molecule has 0 bridgehead atoms. The van der Waals surface area contributed by atoms with E-state index in [1.54, 1.807) is 10.7 Å². The Morgan fingerprint density at radius 2 is 2.09 bits per heavy atom. The number of amides is 1. The number of aryl methyl sites for hydroxylation is 1. The van der Waals surface area contributed by atoms with Crippen molar-refractivity contribution in [3.63, 3.8) is 0 Å². The van der Waals surface area contributed by atoms with Gasteiger partial charge in [-0.05, 0) is 37.8 Å². The second-order valence-corrected chi connectivity index (χ2v) is 6.16. The third-order valence-electron chi connectivity index (χ3n) is 4.70. The number of aliphatic hydroxyl groups excluding tert-OH is 1. The standard InChI is InChI=1S/C18H23N3O2/c1-2-20-12-9-16(19-20)17(23)21-11-6-10-18(21,14-22)13-15-7-4-3-5-8-15/h3-5,7-9,12,22H,2,6,10-11,13-14H2,1H3/t18-/m0/s1. The number of hydrogen-bond acceptors (Lipinski definition) is 3. The Morgan fingerprint density at radius 1 is 1.30 bits per heavy atom. The van der Waals surface area contributed by atoms with Gasteiger partial charge in [0.25, 0.3) is 5.91 Å². The lowest BCUT2D eigenvalue weighted by Gasteiger charge is -2.37. The van der Waals surface area contributed by atoms with Crippen molar-refractivity contribution in [3.8, 4) is 0 Å². The summed E-state index contributed by atoms with van der Waals surface area (Å²) in [6, 6.07) is 11.8. The third kappa shape index (κ3) is 3.01. The number of carbonyl (C=O) groups is 1. The van der Waals surface area contributed by atoms with Crippen LogP contribution in [0, 0.1) is 0 Å². The summed E-state index contributed by atoms with van der Waals surface area (Å²) in [5, 5.41) is 14.4. The molecule has 0 saturated carbocycles. The summed E-state index contributed by atoms with van der Waals surface area (Å²) in [5.74, 6) is -0.0836. The van der Waals surface area contributed by atoms with Gasteiger partial charge < -0.3 is 10.0 Å². The third-order valence-corrected chi connectivity index (χ3v) is 4.70. The SMILES string of the molecule is CCn1ccc(C(=O)N2CCC[C@@]2(CO)Cc2ccccc2)n1. The molecule has 0 unspecified atom stereocenters. The Hall–Kier alpha value is -2.14. The first-order chi connectivity index (χ1) is 11.2. The van der Waals surface area contributed by atoms with Gasteiger partial charge in [0.05, 0.1) is 12.1 Å². The maximum atomic E-state index is 12.9. The van der Waals surface area contributed by atoms with Crippen LogP contribution in [-0.2, 0) is 13.0 Å². The van der Waals surface area contributed by atoms with Gasteiger partial charge in [0.2, 0.25) is 0 Å². The minimum Gasteiger partial charge on any atom is -0.394 e. The zero-order valence-corrected chi connectivity index (χ0v) is 13.5. The van der Waals surface area contributed by atoms with Crippen LogP contribution in [0.25, 0.3) is 0 Å². The zero-order chi connectivity index (χ0) is 16.3. The van der Waals surface area contributed by atoms with Crippen molar-refractivity contribution in [2.45, 2.75) is 38.3 Å². The minimum absolute atomic E-state index is 0.0257. The number of likely N-dealkylation sites (tertiary alicyclic amines) is 1. The van der Waals surface area contributed by atoms with E-state index in [-0.39, 0.29) is 12.5 Å². The first kappa shape index (κ1) is 15.7. The molecule has 3 rings (SSSR count). The number of hydrogen-bond donors (Lipinski definition) is 1. The zero-order valence-electron chi connectivity index (χ0n) is 13.5. The van der Waals surface area contributed by atoms with Crippen LogP contribution in [0.5, 0.6) is 0 Å². The van der Waals surface area contributed by atoms with E-state index in [1.165, 1.54) is 0 Å². The molecule has 1 amide bonds. The van der Waals surface area contributed by atoms with Crippen LogP contribution in [0.4, 0.5) is 0 Å². The summed E-state index contributed by atoms with van der Waals surface area (Å²) < 4.78 is 1.75. The van der Waals surface area contributed by atoms with Crippen molar-refractivity contribution >= 4 is 5.91 Å². The van der Waals surface area contributed by atoms with Crippen molar-refractivity contribution in [1.29, 1.82) is 0 Å². The summed E-state index contributed by atoms with van der Waals surface area (Å²) >= 11 is 0. The lowest BCUT2D eigenvalue weighted by Crippen LogP contribution is -2.51. The molecule has 2 heterocycles. The number of rotatable bonds is 5. The molecular formula is C18H23N3O2. The van der Waals surface area contributed by atoms with E-state index in [0.29, 0.717) is 18.7 Å². The molecule has 2 aromatic rings. The van der Waals surface area contributed by atoms with E-state index in [9.17, 15) is 9.90 Å². The summed E-state index contributed by atoms with van der Waals surface area (Å²) in [5.41, 5.74) is 1.08. The number of carbonyl (C=O) groups excluding carboxylic acids is 1. The molecule has 1 fully saturated rings. The lowest BCUT2D eigenvalue weighted by atomic mass is 9.88. The summed E-state index contributed by atoms with van der Waals surface area (Å²) in [6.45, 7) is 3.38. The van der Waals surface area contributed by atoms with Gasteiger partial charge in [-0.25, -0.2) is 0 Å². The molecule has 1 atom stereocenters. The molecule has 5 heteroatoms. The Balaban J connectivity index is 1.86. The second-order valence-electron chi connectivity index (χ2n) is 6.16. The molecule has 23 heavy (non-hydrogen) atoms. The van der Waals surface area contributed by atoms with Crippen molar-refractivity contribution in [2.75, 3.05) is 13.2 Å². The first-order valence-corrected chi connectivity index (χ1v) is 8.19. The van der Waals surface area contributed by atoms with Crippen molar-refractivity contribution in [1.82, 2.24) is 14.7 Å². The predicted octanol–water partition coefficient (Wildman–Crippen LogP) is 2.11. The van der Waals surface area contributed by atoms with Crippen LogP contribution in [0.3, 0.4) is 0 Å². The van der Waals surface area contributed by atoms with Gasteiger partial charge in [-0.1, -0.05) is 30.3 Å². The monoisotopic (exact) mass is 313 g/mol. The molecule has 5 nitrogen and oxygen atoms in total. The number of aliphatic hydroxyl groups is 1. The number of benzene rings is 1. The second kappa shape index (κ2) is 6.54. The average molecular weight is 313 g/mol. The predicted molar refractivity (Wildman–Crippen MR) is 88.1 cm³/mol. The Morgan fingerprint density at radius 3 is 2.74 bits per heavy atom. The lowest BCUT2D eigenvalue weighted by molar-refractivity contribution is 0.0406. The van der Waals surface area contributed by atoms with E-state index in [4.69, 9.17) is 0 Å². The van der Waals surface area contributed by atoms with Crippen LogP contribution < -0.4 is 0 Å². The largest absolute Gasteiger partial charge is 0.394 e. The highest BCUT2D eigenvalue weighted by atomic mass is 16.3. The van der Waals surface area contributed by atoms with Gasteiger partial charge in [-0.3, -0.25) is 9.48 Å². The fraction of sp³-hybridized carbons (Fsp3) is 0.444. The summed E-state index contributed by atoms with van der Waals surface area (Å²) in [7, 11) is 0. The minimum atomic E-state index is -0.519. The van der Waals surface area contributed by atoms with Crippen molar-refractivity contribution in [2.24, 2.45) is 0 Å². The molecule has 1 aromatic heterocycles. The Bertz CT molecular complexity index is 668. The van der Waals surface area contributed by atoms with E-state index in [1.807, 2.05) is 48.4 Å². The normalized spacial score (nSPS) is 20.9. The van der Waals surface area contributed by atoms with Gasteiger partial charge in [-0.2, -0.15) is 5.10 Å². The van der Waals surface area contributed by atoms with E-state index in [0.717, 1.165) is 24.9 Å². The van der Waals surface area contributed by atoms with Gasteiger partial charge >= 0.3 is 0 Å². The van der Waals surface area contributed by atoms with E-state index >= 15 is 0 Å².